The number of hydrogen-bond donors (Lipinski definition) is 0. The second-order valence-corrected chi connectivity index (χ2v) is 16.5. The van der Waals surface area contributed by atoms with Gasteiger partial charge in [-0.25, -0.2) is 0 Å². The Morgan fingerprint density at radius 2 is 0.966 bits per heavy atom. The van der Waals surface area contributed by atoms with Crippen molar-refractivity contribution in [1.29, 1.82) is 0 Å². The Balaban J connectivity index is 1.10. The predicted molar refractivity (Wildman–Crippen MR) is 251 cm³/mol. The number of hydrogen-bond acceptors (Lipinski definition) is 3. The van der Waals surface area contributed by atoms with Crippen LogP contribution in [0, 0.1) is 0 Å². The van der Waals surface area contributed by atoms with E-state index >= 15 is 0 Å². The van der Waals surface area contributed by atoms with Crippen LogP contribution in [0.1, 0.15) is 101 Å². The van der Waals surface area contributed by atoms with Gasteiger partial charge < -0.3 is 14.2 Å². The molecule has 7 aromatic carbocycles. The number of anilines is 6. The lowest BCUT2D eigenvalue weighted by molar-refractivity contribution is 0.431. The Bertz CT molecular complexity index is 2530. The number of benzene rings is 7. The molecule has 1 fully saturated rings. The van der Waals surface area contributed by atoms with Crippen molar-refractivity contribution in [2.75, 3.05) is 9.80 Å². The normalized spacial score (nSPS) is 14.3. The molecule has 8 aromatic rings. The van der Waals surface area contributed by atoms with E-state index < -0.39 is 0 Å². The molecule has 1 aliphatic carbocycles. The average Bonchev–Trinajstić information content (AvgIpc) is 3.68. The Labute approximate surface area is 350 Å². The summed E-state index contributed by atoms with van der Waals surface area (Å²) in [6.07, 6.45) is 12.4. The van der Waals surface area contributed by atoms with Gasteiger partial charge in [0.05, 0.1) is 0 Å². The van der Waals surface area contributed by atoms with Gasteiger partial charge in [0.2, 0.25) is 0 Å². The molecule has 1 aromatic heterocycles. The topological polar surface area (TPSA) is 19.6 Å². The fourth-order valence-corrected chi connectivity index (χ4v) is 9.81. The molecule has 59 heavy (non-hydrogen) atoms. The minimum Gasteiger partial charge on any atom is -0.456 e. The largest absolute Gasteiger partial charge is 0.456 e. The lowest BCUT2D eigenvalue weighted by Crippen LogP contribution is -2.27. The molecule has 0 aliphatic heterocycles. The third kappa shape index (κ3) is 7.79. The minimum absolute atomic E-state index is 0.115. The van der Waals surface area contributed by atoms with Gasteiger partial charge in [0.1, 0.15) is 11.2 Å². The van der Waals surface area contributed by atoms with Gasteiger partial charge in [0.25, 0.3) is 0 Å². The van der Waals surface area contributed by atoms with Crippen molar-refractivity contribution in [3.63, 3.8) is 0 Å². The van der Waals surface area contributed by atoms with Crippen LogP contribution in [0.4, 0.5) is 34.1 Å². The highest BCUT2D eigenvalue weighted by molar-refractivity contribution is 6.06. The molecule has 3 nitrogen and oxygen atoms in total. The first-order valence-corrected chi connectivity index (χ1v) is 22.1. The Morgan fingerprint density at radius 3 is 1.54 bits per heavy atom. The van der Waals surface area contributed by atoms with Crippen LogP contribution in [0.3, 0.4) is 0 Å². The van der Waals surface area contributed by atoms with E-state index in [0.29, 0.717) is 5.92 Å². The Hall–Kier alpha value is -6.06. The third-order valence-corrected chi connectivity index (χ3v) is 13.0. The van der Waals surface area contributed by atoms with Crippen LogP contribution in [-0.4, -0.2) is 0 Å². The summed E-state index contributed by atoms with van der Waals surface area (Å²) in [5.74, 6) is 0.668. The number of para-hydroxylation sites is 3. The quantitative estimate of drug-likeness (QED) is 0.103. The van der Waals surface area contributed by atoms with Crippen LogP contribution in [-0.2, 0) is 5.41 Å². The summed E-state index contributed by atoms with van der Waals surface area (Å²) in [5, 5.41) is 2.30. The van der Waals surface area contributed by atoms with E-state index in [1.807, 2.05) is 6.07 Å². The van der Waals surface area contributed by atoms with Gasteiger partial charge in [0.15, 0.2) is 0 Å². The fraction of sp³-hybridized carbons (Fsp3) is 0.250. The molecular formula is C56H56N2O. The summed E-state index contributed by atoms with van der Waals surface area (Å²) >= 11 is 0. The van der Waals surface area contributed by atoms with Crippen LogP contribution in [0.5, 0.6) is 0 Å². The molecule has 1 atom stereocenters. The van der Waals surface area contributed by atoms with Gasteiger partial charge in [-0.05, 0) is 127 Å². The zero-order valence-corrected chi connectivity index (χ0v) is 34.7. The van der Waals surface area contributed by atoms with Crippen molar-refractivity contribution in [2.45, 2.75) is 89.4 Å². The Morgan fingerprint density at radius 1 is 0.475 bits per heavy atom. The highest BCUT2D eigenvalue weighted by Crippen LogP contribution is 2.45. The van der Waals surface area contributed by atoms with Crippen LogP contribution in [0.25, 0.3) is 21.9 Å². The van der Waals surface area contributed by atoms with Gasteiger partial charge in [-0.15, -0.1) is 0 Å². The predicted octanol–water partition coefficient (Wildman–Crippen LogP) is 16.8. The highest BCUT2D eigenvalue weighted by Gasteiger charge is 2.33. The summed E-state index contributed by atoms with van der Waals surface area (Å²) in [5.41, 5.74) is 12.8. The van der Waals surface area contributed by atoms with Crippen molar-refractivity contribution >= 4 is 56.1 Å². The molecule has 1 aliphatic rings. The number of unbranched alkanes of at least 4 members (excludes halogenated alkanes) is 2. The van der Waals surface area contributed by atoms with Crippen LogP contribution in [0.2, 0.25) is 0 Å². The Kier molecular flexibility index (Phi) is 11.4. The fourth-order valence-electron chi connectivity index (χ4n) is 9.81. The first kappa shape index (κ1) is 38.5. The molecule has 0 saturated heterocycles. The molecular weight excluding hydrogens is 717 g/mol. The monoisotopic (exact) mass is 772 g/mol. The van der Waals surface area contributed by atoms with E-state index in [1.54, 1.807) is 0 Å². The van der Waals surface area contributed by atoms with Crippen molar-refractivity contribution in [3.8, 4) is 0 Å². The molecule has 0 radical (unpaired) electrons. The molecule has 0 bridgehead atoms. The maximum Gasteiger partial charge on any atom is 0.137 e. The van der Waals surface area contributed by atoms with Gasteiger partial charge >= 0.3 is 0 Å². The van der Waals surface area contributed by atoms with Crippen molar-refractivity contribution < 1.29 is 4.42 Å². The molecule has 9 rings (SSSR count). The SMILES string of the molecule is CCCCCC(CC)(c1ccc(N(c2ccccc2)c2ccccc2)cc1)c1ccc(N(c2ccc(C3CCCCC3)cc2)c2ccc3c(c2)oc2ccccc23)cc1. The summed E-state index contributed by atoms with van der Waals surface area (Å²) in [7, 11) is 0. The molecule has 1 heterocycles. The zero-order valence-electron chi connectivity index (χ0n) is 34.7. The number of rotatable bonds is 14. The average molecular weight is 773 g/mol. The summed E-state index contributed by atoms with van der Waals surface area (Å²) in [6.45, 7) is 4.68. The summed E-state index contributed by atoms with van der Waals surface area (Å²) < 4.78 is 6.43. The second-order valence-electron chi connectivity index (χ2n) is 16.5. The smallest absolute Gasteiger partial charge is 0.137 e. The van der Waals surface area contributed by atoms with E-state index in [0.717, 1.165) is 68.9 Å². The van der Waals surface area contributed by atoms with E-state index in [4.69, 9.17) is 4.42 Å². The summed E-state index contributed by atoms with van der Waals surface area (Å²) in [6, 6.07) is 64.8. The zero-order chi connectivity index (χ0) is 40.0. The van der Waals surface area contributed by atoms with Gasteiger partial charge in [0, 0.05) is 56.4 Å². The third-order valence-electron chi connectivity index (χ3n) is 13.0. The maximum absolute atomic E-state index is 6.43. The molecule has 0 amide bonds. The first-order valence-electron chi connectivity index (χ1n) is 22.1. The van der Waals surface area contributed by atoms with Gasteiger partial charge in [-0.3, -0.25) is 0 Å². The molecule has 1 saturated carbocycles. The number of furan rings is 1. The van der Waals surface area contributed by atoms with Crippen molar-refractivity contribution in [2.24, 2.45) is 0 Å². The van der Waals surface area contributed by atoms with E-state index in [-0.39, 0.29) is 5.41 Å². The first-order chi connectivity index (χ1) is 29.1. The maximum atomic E-state index is 6.43. The minimum atomic E-state index is -0.115. The summed E-state index contributed by atoms with van der Waals surface area (Å²) in [4.78, 5) is 4.75. The van der Waals surface area contributed by atoms with E-state index in [9.17, 15) is 0 Å². The lowest BCUT2D eigenvalue weighted by atomic mass is 9.69. The second kappa shape index (κ2) is 17.4. The highest BCUT2D eigenvalue weighted by atomic mass is 16.3. The molecule has 0 N–H and O–H groups in total. The van der Waals surface area contributed by atoms with Crippen molar-refractivity contribution in [3.05, 3.63) is 193 Å². The number of nitrogens with zero attached hydrogens (tertiary/aromatic N) is 2. The standard InChI is InChI=1S/C56H56N2O/c1-3-5-17-40-56(4-2,44-28-34-49(35-29-44)57(46-20-11-7-12-21-46)47-22-13-8-14-23-47)45-30-36-50(37-31-45)58(48-32-26-43(27-33-48)42-18-9-6-10-19-42)51-38-39-53-52-24-15-16-25-54(52)59-55(53)41-51/h7-8,11-16,20-39,41-42H,3-6,9-10,17-19,40H2,1-2H3. The lowest BCUT2D eigenvalue weighted by Gasteiger charge is -2.36. The van der Waals surface area contributed by atoms with E-state index in [2.05, 4.69) is 194 Å². The molecule has 3 heteroatoms. The number of fused-ring (bicyclic) bond motifs is 3. The van der Waals surface area contributed by atoms with Crippen LogP contribution in [0.15, 0.2) is 180 Å². The van der Waals surface area contributed by atoms with Gasteiger partial charge in [-0.1, -0.05) is 143 Å². The van der Waals surface area contributed by atoms with Crippen LogP contribution < -0.4 is 9.80 Å². The molecule has 0 spiro atoms. The molecule has 1 unspecified atom stereocenters. The molecule has 296 valence electrons. The van der Waals surface area contributed by atoms with Crippen LogP contribution >= 0.6 is 0 Å². The van der Waals surface area contributed by atoms with Crippen molar-refractivity contribution in [1.82, 2.24) is 0 Å². The van der Waals surface area contributed by atoms with E-state index in [1.165, 1.54) is 68.1 Å². The van der Waals surface area contributed by atoms with Gasteiger partial charge in [-0.2, -0.15) is 0 Å².